The van der Waals surface area contributed by atoms with Crippen molar-refractivity contribution in [3.05, 3.63) is 69.8 Å². The maximum atomic E-state index is 2.36. The fourth-order valence-corrected chi connectivity index (χ4v) is 7.71. The first-order valence-corrected chi connectivity index (χ1v) is 11.6. The van der Waals surface area contributed by atoms with Gasteiger partial charge < -0.3 is 24.8 Å². The molecule has 0 nitrogen and oxygen atoms in total. The minimum absolute atomic E-state index is 0. The monoisotopic (exact) mass is 473 g/mol. The predicted octanol–water partition coefficient (Wildman–Crippen LogP) is -0.546. The van der Waals surface area contributed by atoms with Gasteiger partial charge in [0, 0.05) is 0 Å². The van der Waals surface area contributed by atoms with Crippen molar-refractivity contribution in [2.24, 2.45) is 0 Å². The molecule has 4 rings (SSSR count). The van der Waals surface area contributed by atoms with Gasteiger partial charge in [-0.3, -0.25) is 0 Å². The molecule has 0 aromatic heterocycles. The first-order valence-electron chi connectivity index (χ1n) is 9.17. The van der Waals surface area contributed by atoms with Crippen molar-refractivity contribution in [2.45, 2.75) is 47.5 Å². The summed E-state index contributed by atoms with van der Waals surface area (Å²) >= 11 is -0.705. The molecule has 0 bridgehead atoms. The van der Waals surface area contributed by atoms with Crippen LogP contribution in [0.4, 0.5) is 0 Å². The van der Waals surface area contributed by atoms with Crippen molar-refractivity contribution in [1.82, 2.24) is 0 Å². The zero-order valence-electron chi connectivity index (χ0n) is 16.6. The number of aryl methyl sites for hydroxylation is 1. The van der Waals surface area contributed by atoms with Gasteiger partial charge >= 0.3 is 163 Å². The fourth-order valence-electron chi connectivity index (χ4n) is 4.43. The van der Waals surface area contributed by atoms with Crippen LogP contribution in [0.15, 0.2) is 36.4 Å². The molecule has 0 N–H and O–H groups in total. The van der Waals surface area contributed by atoms with Crippen molar-refractivity contribution in [1.29, 1.82) is 0 Å². The van der Waals surface area contributed by atoms with Crippen LogP contribution in [0, 0.1) is 20.8 Å². The maximum absolute atomic E-state index is 2.36. The summed E-state index contributed by atoms with van der Waals surface area (Å²) < 4.78 is 3.40. The molecule has 0 radical (unpaired) electrons. The minimum Gasteiger partial charge on any atom is -1.00 e. The Morgan fingerprint density at radius 2 is 1.63 bits per heavy atom. The van der Waals surface area contributed by atoms with Crippen LogP contribution in [0.5, 0.6) is 0 Å². The molecule has 0 amide bonds. The van der Waals surface area contributed by atoms with Crippen LogP contribution in [0.1, 0.15) is 53.6 Å². The molecule has 0 spiro atoms. The molecule has 0 saturated carbocycles. The number of halogens is 2. The first kappa shape index (κ1) is 22.5. The van der Waals surface area contributed by atoms with Crippen LogP contribution >= 0.6 is 0 Å². The van der Waals surface area contributed by atoms with Gasteiger partial charge in [0.1, 0.15) is 0 Å². The zero-order valence-corrected chi connectivity index (χ0v) is 20.6. The van der Waals surface area contributed by atoms with Crippen LogP contribution < -0.4 is 28.1 Å². The number of allylic oxidation sites excluding steroid dienone is 4. The van der Waals surface area contributed by atoms with Crippen LogP contribution in [0.25, 0.3) is 16.7 Å². The second-order valence-electron chi connectivity index (χ2n) is 7.59. The van der Waals surface area contributed by atoms with Crippen LogP contribution in [0.3, 0.4) is 0 Å². The number of hydrogen-bond acceptors (Lipinski definition) is 0. The summed E-state index contributed by atoms with van der Waals surface area (Å²) in [5.41, 5.74) is 13.9. The van der Waals surface area contributed by atoms with Gasteiger partial charge in [-0.2, -0.15) is 0 Å². The number of hydrogen-bond donors (Lipinski definition) is 0. The summed E-state index contributed by atoms with van der Waals surface area (Å²) in [6, 6.07) is 6.84. The molecule has 139 valence electrons. The van der Waals surface area contributed by atoms with Gasteiger partial charge in [-0.05, 0) is 0 Å². The second kappa shape index (κ2) is 8.73. The topological polar surface area (TPSA) is 0 Å². The predicted molar refractivity (Wildman–Crippen MR) is 107 cm³/mol. The van der Waals surface area contributed by atoms with Gasteiger partial charge in [0.05, 0.1) is 0 Å². The number of benzene rings is 2. The zero-order chi connectivity index (χ0) is 17.7. The van der Waals surface area contributed by atoms with Crippen molar-refractivity contribution in [2.75, 3.05) is 0 Å². The van der Waals surface area contributed by atoms with Gasteiger partial charge in [0.2, 0.25) is 0 Å². The first-order chi connectivity index (χ1) is 12.0. The van der Waals surface area contributed by atoms with Gasteiger partial charge in [-0.15, -0.1) is 0 Å². The van der Waals surface area contributed by atoms with Gasteiger partial charge in [0.25, 0.3) is 0 Å². The van der Waals surface area contributed by atoms with E-state index in [0.29, 0.717) is 0 Å². The Hall–Kier alpha value is -0.747. The summed E-state index contributed by atoms with van der Waals surface area (Å²) in [6.45, 7) is 11.7. The number of rotatable bonds is 2. The average molecular weight is 476 g/mol. The van der Waals surface area contributed by atoms with Gasteiger partial charge in [-0.1, -0.05) is 0 Å². The van der Waals surface area contributed by atoms with E-state index in [0.717, 1.165) is 12.8 Å². The molecule has 2 aromatic rings. The molecule has 0 unspecified atom stereocenters. The summed E-state index contributed by atoms with van der Waals surface area (Å²) in [5.74, 6) is 0. The van der Waals surface area contributed by atoms with E-state index in [-0.39, 0.29) is 24.8 Å². The normalized spacial score (nSPS) is 13.1. The molecule has 2 aliphatic carbocycles. The molecule has 0 aliphatic heterocycles. The summed E-state index contributed by atoms with van der Waals surface area (Å²) in [6.07, 6.45) is 9.10. The standard InChI is InChI=1S/C21H19.C3H6.2ClH.Zr/c1-13-7-6-10-17-11-18-12-19(16-8-4-5-9-16)14(2)15(3)21(18)20(13)17;1-3-2;;;/h4-8,10H,9,11H2,1-3H3;1-2H3;2*1H;/q;;;;+2/p-2. The van der Waals surface area contributed by atoms with Crippen molar-refractivity contribution < 1.29 is 47.6 Å². The van der Waals surface area contributed by atoms with Gasteiger partial charge in [-0.25, -0.2) is 0 Å². The van der Waals surface area contributed by atoms with Crippen LogP contribution in [-0.4, -0.2) is 3.21 Å². The largest absolute Gasteiger partial charge is 1.00 e. The van der Waals surface area contributed by atoms with E-state index < -0.39 is 22.8 Å². The summed E-state index contributed by atoms with van der Waals surface area (Å²) in [7, 11) is 0. The molecule has 2 aromatic carbocycles. The third kappa shape index (κ3) is 3.76. The fraction of sp³-hybridized carbons (Fsp3) is 0.292. The molecule has 3 heteroatoms. The van der Waals surface area contributed by atoms with E-state index in [2.05, 4.69) is 71.0 Å². The molecule has 2 aliphatic rings. The van der Waals surface area contributed by atoms with Crippen LogP contribution in [-0.2, 0) is 29.2 Å². The van der Waals surface area contributed by atoms with E-state index in [1.807, 2.05) is 0 Å². The SMILES string of the molecule is C[C](C)=[Zr+2][c]1c2c(c(C)c(C)c1C1=CC=CC1)-c1c(C)cccc1C2.[Cl-].[Cl-]. The molecular formula is C24H25Cl2Zr. The molecule has 0 fully saturated rings. The molecule has 0 heterocycles. The van der Waals surface area contributed by atoms with E-state index in [1.165, 1.54) is 33.4 Å². The summed E-state index contributed by atoms with van der Waals surface area (Å²) in [4.78, 5) is 0. The number of fused-ring (bicyclic) bond motifs is 3. The third-order valence-electron chi connectivity index (χ3n) is 5.61. The third-order valence-corrected chi connectivity index (χ3v) is 8.81. The Morgan fingerprint density at radius 1 is 0.926 bits per heavy atom. The summed E-state index contributed by atoms with van der Waals surface area (Å²) in [5, 5.41) is 0. The van der Waals surface area contributed by atoms with Crippen molar-refractivity contribution in [3.63, 3.8) is 0 Å². The van der Waals surface area contributed by atoms with Crippen LogP contribution in [0.2, 0.25) is 0 Å². The van der Waals surface area contributed by atoms with E-state index >= 15 is 0 Å². The smallest absolute Gasteiger partial charge is 1.00 e. The Balaban J connectivity index is 0.00000131. The molecule has 27 heavy (non-hydrogen) atoms. The van der Waals surface area contributed by atoms with E-state index in [4.69, 9.17) is 0 Å². The van der Waals surface area contributed by atoms with Crippen molar-refractivity contribution >= 4 is 12.1 Å². The van der Waals surface area contributed by atoms with E-state index in [9.17, 15) is 0 Å². The molecule has 0 saturated heterocycles. The minimum atomic E-state index is -0.705. The van der Waals surface area contributed by atoms with E-state index in [1.54, 1.807) is 23.2 Å². The molecule has 0 atom stereocenters. The quantitative estimate of drug-likeness (QED) is 0.467. The molecular weight excluding hydrogens is 450 g/mol. The average Bonchev–Trinajstić information content (AvgIpc) is 3.20. The maximum Gasteiger partial charge on any atom is -1.00 e. The Bertz CT molecular complexity index is 990. The Labute approximate surface area is 187 Å². The Morgan fingerprint density at radius 3 is 2.26 bits per heavy atom. The van der Waals surface area contributed by atoms with Gasteiger partial charge in [0.15, 0.2) is 0 Å². The van der Waals surface area contributed by atoms with Crippen molar-refractivity contribution in [3.8, 4) is 11.1 Å². The second-order valence-corrected chi connectivity index (χ2v) is 11.9. The Kier molecular flexibility index (Phi) is 7.29.